The van der Waals surface area contributed by atoms with Crippen LogP contribution < -0.4 is 20.1 Å². The van der Waals surface area contributed by atoms with Crippen LogP contribution >= 0.6 is 0 Å². The normalized spacial score (nSPS) is 10.6. The Morgan fingerprint density at radius 3 is 1.13 bits per heavy atom. The smallest absolute Gasteiger partial charge is 0.221 e. The average molecular weight is 529 g/mol. The fourth-order valence-corrected chi connectivity index (χ4v) is 4.85. The molecule has 7 nitrogen and oxygen atoms in total. The molecular weight excluding hydrogens is 500 g/mol. The van der Waals surface area contributed by atoms with Gasteiger partial charge in [0.05, 0.1) is 0 Å². The molecule has 0 saturated heterocycles. The lowest BCUT2D eigenvalue weighted by Crippen LogP contribution is -2.05. The lowest BCUT2D eigenvalue weighted by atomic mass is 10.2. The molecule has 194 valence electrons. The number of carbonyl (C=O) groups excluding carboxylic acids is 2. The standard InChI is InChI=1S/C30H28N2O5S/c1-21(33)31-25-7-15-29(16-8-25)36-27-11-3-23(4-12-27)19-38(35)20-24-5-13-28(14-6-24)37-30-17-9-26(10-18-30)32-22(2)34/h3-18H,19-20H2,1-2H3,(H,31,33)(H,32,34). The minimum atomic E-state index is -1.08. The molecule has 0 aliphatic carbocycles. The second kappa shape index (κ2) is 12.7. The van der Waals surface area contributed by atoms with Gasteiger partial charge in [0.25, 0.3) is 0 Å². The fraction of sp³-hybridized carbons (Fsp3) is 0.133. The van der Waals surface area contributed by atoms with Crippen LogP contribution in [0.2, 0.25) is 0 Å². The van der Waals surface area contributed by atoms with Crippen molar-refractivity contribution in [2.24, 2.45) is 0 Å². The highest BCUT2D eigenvalue weighted by molar-refractivity contribution is 7.83. The maximum absolute atomic E-state index is 12.7. The van der Waals surface area contributed by atoms with Gasteiger partial charge in [0.1, 0.15) is 23.0 Å². The summed E-state index contributed by atoms with van der Waals surface area (Å²) in [5.74, 6) is 3.28. The van der Waals surface area contributed by atoms with Gasteiger partial charge in [0.2, 0.25) is 11.8 Å². The molecule has 0 aromatic heterocycles. The van der Waals surface area contributed by atoms with Crippen LogP contribution in [-0.2, 0) is 31.9 Å². The van der Waals surface area contributed by atoms with Gasteiger partial charge in [0, 0.05) is 47.5 Å². The molecule has 8 heteroatoms. The van der Waals surface area contributed by atoms with E-state index in [0.29, 0.717) is 45.9 Å². The van der Waals surface area contributed by atoms with E-state index in [1.165, 1.54) is 13.8 Å². The molecule has 0 bridgehead atoms. The molecular formula is C30H28N2O5S. The molecule has 0 unspecified atom stereocenters. The zero-order chi connectivity index (χ0) is 26.9. The summed E-state index contributed by atoms with van der Waals surface area (Å²) in [6, 6.07) is 29.3. The first-order valence-corrected chi connectivity index (χ1v) is 13.4. The maximum Gasteiger partial charge on any atom is 0.221 e. The quantitative estimate of drug-likeness (QED) is 0.241. The first-order valence-electron chi connectivity index (χ1n) is 12.0. The summed E-state index contributed by atoms with van der Waals surface area (Å²) >= 11 is 0. The average Bonchev–Trinajstić information content (AvgIpc) is 2.88. The Balaban J connectivity index is 1.25. The molecule has 0 saturated carbocycles. The molecule has 0 radical (unpaired) electrons. The number of hydrogen-bond acceptors (Lipinski definition) is 5. The van der Waals surface area contributed by atoms with E-state index < -0.39 is 10.8 Å². The Hall–Kier alpha value is -4.43. The van der Waals surface area contributed by atoms with E-state index in [4.69, 9.17) is 9.47 Å². The number of ether oxygens (including phenoxy) is 2. The maximum atomic E-state index is 12.7. The largest absolute Gasteiger partial charge is 0.457 e. The summed E-state index contributed by atoms with van der Waals surface area (Å²) in [5.41, 5.74) is 3.33. The monoisotopic (exact) mass is 528 g/mol. The third-order valence-electron chi connectivity index (χ3n) is 5.32. The summed E-state index contributed by atoms with van der Waals surface area (Å²) in [5, 5.41) is 5.43. The Morgan fingerprint density at radius 2 is 0.842 bits per heavy atom. The summed E-state index contributed by atoms with van der Waals surface area (Å²) < 4.78 is 24.4. The molecule has 0 aliphatic rings. The minimum absolute atomic E-state index is 0.124. The molecule has 4 aromatic rings. The summed E-state index contributed by atoms with van der Waals surface area (Å²) in [7, 11) is -1.08. The van der Waals surface area contributed by atoms with Gasteiger partial charge in [0.15, 0.2) is 0 Å². The van der Waals surface area contributed by atoms with Gasteiger partial charge in [-0.05, 0) is 83.9 Å². The van der Waals surface area contributed by atoms with Gasteiger partial charge in [-0.3, -0.25) is 13.8 Å². The van der Waals surface area contributed by atoms with Gasteiger partial charge >= 0.3 is 0 Å². The molecule has 0 heterocycles. The van der Waals surface area contributed by atoms with Crippen molar-refractivity contribution < 1.29 is 23.3 Å². The SMILES string of the molecule is CC(=O)Nc1ccc(Oc2ccc(CS(=O)Cc3ccc(Oc4ccc(NC(C)=O)cc4)cc3)cc2)cc1. The molecule has 0 atom stereocenters. The van der Waals surface area contributed by atoms with Crippen LogP contribution in [0, 0.1) is 0 Å². The number of amides is 2. The zero-order valence-electron chi connectivity index (χ0n) is 21.1. The minimum Gasteiger partial charge on any atom is -0.457 e. The number of anilines is 2. The predicted molar refractivity (Wildman–Crippen MR) is 150 cm³/mol. The van der Waals surface area contributed by atoms with Gasteiger partial charge in [-0.25, -0.2) is 0 Å². The topological polar surface area (TPSA) is 93.7 Å². The Bertz CT molecular complexity index is 1290. The van der Waals surface area contributed by atoms with Crippen molar-refractivity contribution in [3.63, 3.8) is 0 Å². The summed E-state index contributed by atoms with van der Waals surface area (Å²) in [4.78, 5) is 22.3. The number of benzene rings is 4. The zero-order valence-corrected chi connectivity index (χ0v) is 21.9. The van der Waals surface area contributed by atoms with Crippen LogP contribution in [0.25, 0.3) is 0 Å². The second-order valence-electron chi connectivity index (χ2n) is 8.63. The van der Waals surface area contributed by atoms with Gasteiger partial charge in [-0.15, -0.1) is 0 Å². The van der Waals surface area contributed by atoms with E-state index >= 15 is 0 Å². The van der Waals surface area contributed by atoms with E-state index in [9.17, 15) is 13.8 Å². The highest BCUT2D eigenvalue weighted by atomic mass is 32.2. The number of nitrogens with one attached hydrogen (secondary N) is 2. The number of hydrogen-bond donors (Lipinski definition) is 2. The van der Waals surface area contributed by atoms with Crippen molar-refractivity contribution in [2.75, 3.05) is 10.6 Å². The van der Waals surface area contributed by atoms with Crippen molar-refractivity contribution in [2.45, 2.75) is 25.4 Å². The molecule has 2 amide bonds. The third kappa shape index (κ3) is 8.31. The van der Waals surface area contributed by atoms with Crippen LogP contribution in [0.4, 0.5) is 11.4 Å². The van der Waals surface area contributed by atoms with Crippen LogP contribution in [0.5, 0.6) is 23.0 Å². The van der Waals surface area contributed by atoms with E-state index in [2.05, 4.69) is 10.6 Å². The predicted octanol–water partition coefficient (Wildman–Crippen LogP) is 6.64. The molecule has 2 N–H and O–H groups in total. The summed E-state index contributed by atoms with van der Waals surface area (Å²) in [6.07, 6.45) is 0. The van der Waals surface area contributed by atoms with E-state index in [0.717, 1.165) is 11.1 Å². The Morgan fingerprint density at radius 1 is 0.553 bits per heavy atom. The third-order valence-corrected chi connectivity index (χ3v) is 6.63. The van der Waals surface area contributed by atoms with Crippen LogP contribution in [0.1, 0.15) is 25.0 Å². The lowest BCUT2D eigenvalue weighted by molar-refractivity contribution is -0.115. The highest BCUT2D eigenvalue weighted by Crippen LogP contribution is 2.25. The number of carbonyl (C=O) groups is 2. The Labute approximate surface area is 224 Å². The van der Waals surface area contributed by atoms with Crippen LogP contribution in [0.3, 0.4) is 0 Å². The van der Waals surface area contributed by atoms with Crippen molar-refractivity contribution in [1.82, 2.24) is 0 Å². The van der Waals surface area contributed by atoms with Gasteiger partial charge < -0.3 is 20.1 Å². The molecule has 4 aromatic carbocycles. The van der Waals surface area contributed by atoms with E-state index in [1.807, 2.05) is 48.5 Å². The Kier molecular flexibility index (Phi) is 8.89. The van der Waals surface area contributed by atoms with Crippen molar-refractivity contribution in [3.05, 3.63) is 108 Å². The van der Waals surface area contributed by atoms with Crippen LogP contribution in [-0.4, -0.2) is 16.0 Å². The van der Waals surface area contributed by atoms with Gasteiger partial charge in [-0.2, -0.15) is 0 Å². The second-order valence-corrected chi connectivity index (χ2v) is 10.1. The van der Waals surface area contributed by atoms with E-state index in [1.54, 1.807) is 48.5 Å². The molecule has 0 aliphatic heterocycles. The molecule has 0 spiro atoms. The first-order chi connectivity index (χ1) is 18.3. The highest BCUT2D eigenvalue weighted by Gasteiger charge is 2.07. The fourth-order valence-electron chi connectivity index (χ4n) is 3.62. The molecule has 4 rings (SSSR count). The molecule has 38 heavy (non-hydrogen) atoms. The van der Waals surface area contributed by atoms with Crippen molar-refractivity contribution in [3.8, 4) is 23.0 Å². The van der Waals surface area contributed by atoms with E-state index in [-0.39, 0.29) is 11.8 Å². The van der Waals surface area contributed by atoms with Crippen molar-refractivity contribution >= 4 is 34.0 Å². The first kappa shape index (κ1) is 26.6. The summed E-state index contributed by atoms with van der Waals surface area (Å²) in [6.45, 7) is 2.92. The lowest BCUT2D eigenvalue weighted by Gasteiger charge is -2.09. The van der Waals surface area contributed by atoms with Crippen molar-refractivity contribution in [1.29, 1.82) is 0 Å². The van der Waals surface area contributed by atoms with Crippen LogP contribution in [0.15, 0.2) is 97.1 Å². The molecule has 0 fully saturated rings. The van der Waals surface area contributed by atoms with Gasteiger partial charge in [-0.1, -0.05) is 24.3 Å². The number of rotatable bonds is 10.